The third-order valence-electron chi connectivity index (χ3n) is 6.77. The van der Waals surface area contributed by atoms with E-state index < -0.39 is 53.0 Å². The van der Waals surface area contributed by atoms with E-state index in [1.807, 2.05) is 6.92 Å². The molecular weight excluding hydrogens is 580 g/mol. The van der Waals surface area contributed by atoms with Crippen LogP contribution in [0, 0.1) is 17.0 Å². The quantitative estimate of drug-likeness (QED) is 0.164. The number of esters is 1. The zero-order valence-corrected chi connectivity index (χ0v) is 24.6. The van der Waals surface area contributed by atoms with Gasteiger partial charge in [0.2, 0.25) is 17.4 Å². The summed E-state index contributed by atoms with van der Waals surface area (Å²) in [6.45, 7) is 4.31. The first-order chi connectivity index (χ1) is 20.9. The number of phenolic OH excluding ortho intramolecular Hbond substituents is 1. The summed E-state index contributed by atoms with van der Waals surface area (Å²) >= 11 is 0. The summed E-state index contributed by atoms with van der Waals surface area (Å²) in [5.41, 5.74) is 5.93. The van der Waals surface area contributed by atoms with E-state index in [-0.39, 0.29) is 53.9 Å². The van der Waals surface area contributed by atoms with Gasteiger partial charge in [0.15, 0.2) is 11.5 Å². The average Bonchev–Trinajstić information content (AvgIpc) is 3.41. The van der Waals surface area contributed by atoms with Crippen LogP contribution < -0.4 is 19.9 Å². The van der Waals surface area contributed by atoms with Gasteiger partial charge in [-0.3, -0.25) is 19.9 Å². The largest absolute Gasteiger partial charge is 0.504 e. The summed E-state index contributed by atoms with van der Waals surface area (Å²) in [6.07, 6.45) is -0.733. The van der Waals surface area contributed by atoms with Crippen molar-refractivity contribution in [2.75, 3.05) is 33.8 Å². The minimum Gasteiger partial charge on any atom is -0.504 e. The minimum absolute atomic E-state index is 0.00873. The maximum Gasteiger partial charge on any atom is 0.323 e. The van der Waals surface area contributed by atoms with Crippen molar-refractivity contribution in [2.45, 2.75) is 32.4 Å². The predicted molar refractivity (Wildman–Crippen MR) is 155 cm³/mol. The van der Waals surface area contributed by atoms with Crippen LogP contribution in [0.15, 0.2) is 42.5 Å². The second kappa shape index (κ2) is 13.5. The van der Waals surface area contributed by atoms with Crippen LogP contribution in [0.1, 0.15) is 36.2 Å². The van der Waals surface area contributed by atoms with Crippen LogP contribution in [0.4, 0.5) is 8.78 Å². The number of ether oxygens (including phenoxy) is 4. The number of aromatic hydroxyl groups is 1. The van der Waals surface area contributed by atoms with E-state index in [1.165, 1.54) is 47.4 Å². The molecule has 1 aliphatic heterocycles. The van der Waals surface area contributed by atoms with Gasteiger partial charge in [0.05, 0.1) is 6.61 Å². The molecule has 0 bridgehead atoms. The number of nitrogen functional groups attached to an aromatic ring is 1. The molecule has 1 amide bonds. The van der Waals surface area contributed by atoms with Crippen LogP contribution in [0.5, 0.6) is 34.8 Å². The number of carbonyl (C=O) groups excluding carboxylic acids is 2. The monoisotopic (exact) mass is 613 g/mol. The predicted octanol–water partition coefficient (Wildman–Crippen LogP) is 4.04. The van der Waals surface area contributed by atoms with Crippen molar-refractivity contribution in [3.05, 3.63) is 65.2 Å². The lowest BCUT2D eigenvalue weighted by Gasteiger charge is -2.20. The molecule has 0 saturated carbocycles. The zero-order valence-electron chi connectivity index (χ0n) is 24.6. The minimum atomic E-state index is -1.35. The van der Waals surface area contributed by atoms with Crippen molar-refractivity contribution in [2.24, 2.45) is 5.73 Å². The lowest BCUT2D eigenvalue weighted by molar-refractivity contribution is -0.148. The van der Waals surface area contributed by atoms with Crippen LogP contribution in [-0.2, 0) is 9.53 Å². The molecule has 0 aliphatic carbocycles. The first-order valence-corrected chi connectivity index (χ1v) is 13.7. The fourth-order valence-corrected chi connectivity index (χ4v) is 4.60. The maximum absolute atomic E-state index is 15.9. The Labute approximate surface area is 252 Å². The van der Waals surface area contributed by atoms with E-state index in [9.17, 15) is 14.7 Å². The van der Waals surface area contributed by atoms with Gasteiger partial charge in [-0.05, 0) is 49.9 Å². The molecule has 44 heavy (non-hydrogen) atoms. The molecule has 2 heterocycles. The normalized spacial score (nSPS) is 16.3. The molecule has 12 nitrogen and oxygen atoms in total. The van der Waals surface area contributed by atoms with Gasteiger partial charge >= 0.3 is 5.97 Å². The fourth-order valence-electron chi connectivity index (χ4n) is 4.60. The number of nitrogens with one attached hydrogen (secondary N) is 1. The van der Waals surface area contributed by atoms with E-state index >= 15 is 8.78 Å². The van der Waals surface area contributed by atoms with Crippen LogP contribution in [-0.4, -0.2) is 83.5 Å². The molecule has 4 N–H and O–H groups in total. The molecule has 234 valence electrons. The molecule has 2 aromatic carbocycles. The molecule has 1 saturated heterocycles. The summed E-state index contributed by atoms with van der Waals surface area (Å²) < 4.78 is 53.9. The van der Waals surface area contributed by atoms with E-state index in [0.717, 1.165) is 0 Å². The summed E-state index contributed by atoms with van der Waals surface area (Å²) in [4.78, 5) is 31.9. The Morgan fingerprint density at radius 2 is 1.80 bits per heavy atom. The van der Waals surface area contributed by atoms with Crippen LogP contribution >= 0.6 is 0 Å². The van der Waals surface area contributed by atoms with Crippen LogP contribution in [0.2, 0.25) is 0 Å². The van der Waals surface area contributed by atoms with Gasteiger partial charge in [-0.1, -0.05) is 13.0 Å². The molecule has 2 atom stereocenters. The molecule has 0 spiro atoms. The molecule has 2 unspecified atom stereocenters. The van der Waals surface area contributed by atoms with E-state index in [0.29, 0.717) is 6.54 Å². The highest BCUT2D eigenvalue weighted by molar-refractivity contribution is 5.95. The molecule has 1 aliphatic rings. The number of hydrogen-bond donors (Lipinski definition) is 3. The number of likely N-dealkylation sites (N-methyl/N-ethyl adjacent to an activating group) is 1. The van der Waals surface area contributed by atoms with E-state index in [2.05, 4.69) is 4.98 Å². The zero-order chi connectivity index (χ0) is 32.1. The van der Waals surface area contributed by atoms with Crippen molar-refractivity contribution in [1.82, 2.24) is 14.8 Å². The van der Waals surface area contributed by atoms with Gasteiger partial charge < -0.3 is 34.7 Å². The van der Waals surface area contributed by atoms with Crippen molar-refractivity contribution in [3.63, 3.8) is 0 Å². The number of likely N-dealkylation sites (tertiary alicyclic amines) is 1. The van der Waals surface area contributed by atoms with Crippen LogP contribution in [0.3, 0.4) is 0 Å². The summed E-state index contributed by atoms with van der Waals surface area (Å²) in [5.74, 6) is -7.02. The number of nitrogens with zero attached hydrogens (tertiary/aromatic N) is 3. The van der Waals surface area contributed by atoms with Crippen molar-refractivity contribution in [1.29, 1.82) is 5.41 Å². The third kappa shape index (κ3) is 6.97. The highest BCUT2D eigenvalue weighted by atomic mass is 19.1. The van der Waals surface area contributed by atoms with Gasteiger partial charge in [-0.15, -0.1) is 0 Å². The number of benzene rings is 2. The number of hydrogen-bond acceptors (Lipinski definition) is 10. The number of halogens is 2. The molecule has 1 fully saturated rings. The topological polar surface area (TPSA) is 161 Å². The Morgan fingerprint density at radius 1 is 1.09 bits per heavy atom. The fraction of sp³-hybridized carbons (Fsp3) is 0.333. The highest BCUT2D eigenvalue weighted by Gasteiger charge is 2.39. The number of pyridine rings is 1. The number of amidine groups is 1. The van der Waals surface area contributed by atoms with Crippen molar-refractivity contribution in [3.8, 4) is 34.8 Å². The van der Waals surface area contributed by atoms with E-state index in [1.54, 1.807) is 25.9 Å². The van der Waals surface area contributed by atoms with Gasteiger partial charge in [-0.25, -0.2) is 0 Å². The second-order valence-corrected chi connectivity index (χ2v) is 10.0. The van der Waals surface area contributed by atoms with Crippen LogP contribution in [0.25, 0.3) is 0 Å². The summed E-state index contributed by atoms with van der Waals surface area (Å²) in [7, 11) is 3.13. The Kier molecular flexibility index (Phi) is 9.83. The molecule has 4 rings (SSSR count). The summed E-state index contributed by atoms with van der Waals surface area (Å²) in [5, 5.41) is 18.0. The third-order valence-corrected chi connectivity index (χ3v) is 6.77. The number of carbonyl (C=O) groups is 2. The molecule has 0 radical (unpaired) electrons. The smallest absolute Gasteiger partial charge is 0.323 e. The summed E-state index contributed by atoms with van der Waals surface area (Å²) in [6, 6.07) is 8.90. The van der Waals surface area contributed by atoms with Crippen molar-refractivity contribution < 1.29 is 42.4 Å². The van der Waals surface area contributed by atoms with Gasteiger partial charge in [-0.2, -0.15) is 13.8 Å². The Bertz CT molecular complexity index is 1570. The standard InChI is InChI=1S/C30H33F2N5O7/c1-5-37-15-19(14-20(37)30(40)41-6-2)42-25-23(31)27(43-18-9-7-8-17(12-18)29(39)36(3)4)35-28(24(25)32)44-22-13-16(26(33)34)10-11-21(22)38/h7-13,19-20,38H,5-6,14-15H2,1-4H3,(H3,33,34). The average molecular weight is 614 g/mol. The van der Waals surface area contributed by atoms with Gasteiger partial charge in [0.25, 0.3) is 17.7 Å². The Morgan fingerprint density at radius 3 is 2.43 bits per heavy atom. The molecule has 14 heteroatoms. The Hall–Kier alpha value is -4.98. The molecular formula is C30H33F2N5O7. The van der Waals surface area contributed by atoms with Gasteiger partial charge in [0.1, 0.15) is 23.7 Å². The number of rotatable bonds is 11. The van der Waals surface area contributed by atoms with E-state index in [4.69, 9.17) is 30.1 Å². The SMILES string of the molecule is CCOC(=O)C1CC(Oc2c(F)c(Oc3cccc(C(=O)N(C)C)c3)nc(Oc3cc(C(=N)N)ccc3O)c2F)CN1CC. The first-order valence-electron chi connectivity index (χ1n) is 13.7. The highest BCUT2D eigenvalue weighted by Crippen LogP contribution is 2.40. The van der Waals surface area contributed by atoms with Gasteiger partial charge in [0, 0.05) is 38.2 Å². The first kappa shape index (κ1) is 31.9. The number of amides is 1. The lowest BCUT2D eigenvalue weighted by Crippen LogP contribution is -2.37. The number of phenols is 1. The lowest BCUT2D eigenvalue weighted by atomic mass is 10.2. The Balaban J connectivity index is 1.75. The number of nitrogens with two attached hydrogens (primary N) is 1. The second-order valence-electron chi connectivity index (χ2n) is 10.0. The number of aromatic nitrogens is 1. The molecule has 3 aromatic rings. The molecule has 1 aromatic heterocycles. The maximum atomic E-state index is 15.9. The van der Waals surface area contributed by atoms with Crippen molar-refractivity contribution >= 4 is 17.7 Å².